The molecule has 2 heterocycles. The Morgan fingerprint density at radius 1 is 1.41 bits per heavy atom. The van der Waals surface area contributed by atoms with Crippen molar-refractivity contribution in [1.29, 1.82) is 0 Å². The molecule has 7 heteroatoms. The van der Waals surface area contributed by atoms with Gasteiger partial charge in [-0.3, -0.25) is 9.97 Å². The molecule has 1 aromatic rings. The van der Waals surface area contributed by atoms with Gasteiger partial charge in [0.2, 0.25) is 0 Å². The molecule has 1 fully saturated rings. The van der Waals surface area contributed by atoms with Gasteiger partial charge in [0.25, 0.3) is 0 Å². The van der Waals surface area contributed by atoms with Crippen molar-refractivity contribution >= 4 is 22.9 Å². The van der Waals surface area contributed by atoms with Gasteiger partial charge >= 0.3 is 0 Å². The Morgan fingerprint density at radius 3 is 2.76 bits per heavy atom. The van der Waals surface area contributed by atoms with Crippen molar-refractivity contribution in [2.45, 2.75) is 0 Å². The first-order chi connectivity index (χ1) is 8.33. The van der Waals surface area contributed by atoms with Crippen molar-refractivity contribution in [2.75, 3.05) is 26.3 Å². The van der Waals surface area contributed by atoms with Crippen molar-refractivity contribution in [1.82, 2.24) is 14.9 Å². The lowest BCUT2D eigenvalue weighted by atomic mass is 10.2. The highest BCUT2D eigenvalue weighted by atomic mass is 32.1. The minimum Gasteiger partial charge on any atom is -0.410 e. The van der Waals surface area contributed by atoms with Gasteiger partial charge in [-0.25, -0.2) is 0 Å². The van der Waals surface area contributed by atoms with Crippen LogP contribution in [-0.4, -0.2) is 57.1 Å². The van der Waals surface area contributed by atoms with Crippen molar-refractivity contribution in [3.05, 3.63) is 24.3 Å². The number of rotatable bonds is 2. The second-order valence-electron chi connectivity index (χ2n) is 3.44. The van der Waals surface area contributed by atoms with Crippen LogP contribution in [0.3, 0.4) is 0 Å². The molecular weight excluding hydrogens is 240 g/mol. The summed E-state index contributed by atoms with van der Waals surface area (Å²) in [7, 11) is 0. The molecule has 6 nitrogen and oxygen atoms in total. The summed E-state index contributed by atoms with van der Waals surface area (Å²) in [6.07, 6.45) is 4.60. The fourth-order valence-electron chi connectivity index (χ4n) is 1.54. The maximum Gasteiger partial charge on any atom is 0.164 e. The monoisotopic (exact) mass is 252 g/mol. The largest absolute Gasteiger partial charge is 0.410 e. The van der Waals surface area contributed by atoms with Crippen LogP contribution in [-0.2, 0) is 4.74 Å². The Hall–Kier alpha value is -1.60. The molecule has 1 N–H and O–H groups in total. The van der Waals surface area contributed by atoms with Crippen LogP contribution in [0.5, 0.6) is 0 Å². The van der Waals surface area contributed by atoms with Gasteiger partial charge in [-0.05, 0) is 0 Å². The van der Waals surface area contributed by atoms with Crippen LogP contribution in [0, 0.1) is 0 Å². The van der Waals surface area contributed by atoms with Crippen LogP contribution in [0.15, 0.2) is 23.7 Å². The van der Waals surface area contributed by atoms with E-state index in [1.165, 1.54) is 12.4 Å². The molecule has 2 rings (SSSR count). The molecule has 0 atom stereocenters. The third-order valence-electron chi connectivity index (χ3n) is 2.41. The smallest absolute Gasteiger partial charge is 0.164 e. The highest BCUT2D eigenvalue weighted by molar-refractivity contribution is 7.82. The average molecular weight is 252 g/mol. The van der Waals surface area contributed by atoms with E-state index in [1.54, 1.807) is 6.20 Å². The zero-order chi connectivity index (χ0) is 12.1. The molecule has 0 radical (unpaired) electrons. The summed E-state index contributed by atoms with van der Waals surface area (Å²) >= 11 is 5.29. The fraction of sp³-hybridized carbons (Fsp3) is 0.400. The quantitative estimate of drug-likeness (QED) is 0.354. The van der Waals surface area contributed by atoms with Gasteiger partial charge in [-0.2, -0.15) is 0 Å². The van der Waals surface area contributed by atoms with E-state index in [9.17, 15) is 0 Å². The van der Waals surface area contributed by atoms with E-state index in [-0.39, 0.29) is 5.71 Å². The summed E-state index contributed by atoms with van der Waals surface area (Å²) in [5, 5.41) is 12.3. The van der Waals surface area contributed by atoms with Crippen molar-refractivity contribution in [3.63, 3.8) is 0 Å². The summed E-state index contributed by atoms with van der Waals surface area (Å²) in [5.41, 5.74) is 0.737. The van der Waals surface area contributed by atoms with E-state index in [0.29, 0.717) is 37.0 Å². The van der Waals surface area contributed by atoms with Crippen molar-refractivity contribution in [3.8, 4) is 0 Å². The Balaban J connectivity index is 2.16. The first-order valence-electron chi connectivity index (χ1n) is 5.18. The van der Waals surface area contributed by atoms with Crippen LogP contribution >= 0.6 is 12.2 Å². The normalized spacial score (nSPS) is 16.9. The van der Waals surface area contributed by atoms with E-state index in [4.69, 9.17) is 22.2 Å². The molecule has 0 aromatic carbocycles. The lowest BCUT2D eigenvalue weighted by Crippen LogP contribution is -2.43. The highest BCUT2D eigenvalue weighted by Crippen LogP contribution is 2.05. The zero-order valence-electron chi connectivity index (χ0n) is 9.11. The number of ether oxygens (including phenoxy) is 1. The number of nitrogens with zero attached hydrogens (tertiary/aromatic N) is 4. The number of hydrogen-bond acceptors (Lipinski definition) is 6. The van der Waals surface area contributed by atoms with E-state index in [1.807, 2.05) is 4.90 Å². The number of aromatic nitrogens is 2. The maximum atomic E-state index is 9.06. The van der Waals surface area contributed by atoms with Crippen molar-refractivity contribution < 1.29 is 9.94 Å². The van der Waals surface area contributed by atoms with Crippen LogP contribution < -0.4 is 0 Å². The van der Waals surface area contributed by atoms with Crippen LogP contribution in [0.25, 0.3) is 0 Å². The molecule has 1 saturated heterocycles. The molecule has 1 aromatic heterocycles. The van der Waals surface area contributed by atoms with Gasteiger partial charge in [0.15, 0.2) is 5.71 Å². The minimum atomic E-state index is 0.273. The van der Waals surface area contributed by atoms with E-state index >= 15 is 0 Å². The standard InChI is InChI=1S/C10H12N4O2S/c15-13-9(8-7-11-1-2-12-8)10(17)14-3-5-16-6-4-14/h1-2,7,15H,3-6H2. The van der Waals surface area contributed by atoms with Gasteiger partial charge < -0.3 is 14.8 Å². The van der Waals surface area contributed by atoms with E-state index < -0.39 is 0 Å². The first kappa shape index (κ1) is 11.9. The Bertz CT molecular complexity index is 418. The second-order valence-corrected chi connectivity index (χ2v) is 3.83. The molecule has 0 aliphatic carbocycles. The molecule has 1 aliphatic heterocycles. The minimum absolute atomic E-state index is 0.273. The molecule has 0 spiro atoms. The van der Waals surface area contributed by atoms with Gasteiger partial charge in [0.1, 0.15) is 10.7 Å². The summed E-state index contributed by atoms with van der Waals surface area (Å²) < 4.78 is 5.24. The first-order valence-corrected chi connectivity index (χ1v) is 5.59. The summed E-state index contributed by atoms with van der Waals surface area (Å²) in [4.78, 5) is 10.4. The third kappa shape index (κ3) is 2.75. The lowest BCUT2D eigenvalue weighted by molar-refractivity contribution is 0.0697. The summed E-state index contributed by atoms with van der Waals surface area (Å²) in [6, 6.07) is 0. The molecule has 0 amide bonds. The molecule has 0 unspecified atom stereocenters. The van der Waals surface area contributed by atoms with E-state index in [2.05, 4.69) is 15.1 Å². The lowest BCUT2D eigenvalue weighted by Gasteiger charge is -2.28. The molecule has 0 saturated carbocycles. The van der Waals surface area contributed by atoms with Crippen LogP contribution in [0.4, 0.5) is 0 Å². The molecular formula is C10H12N4O2S. The highest BCUT2D eigenvalue weighted by Gasteiger charge is 2.20. The number of thiocarbonyl (C=S) groups is 1. The molecule has 0 bridgehead atoms. The second kappa shape index (κ2) is 5.65. The van der Waals surface area contributed by atoms with Gasteiger partial charge in [-0.15, -0.1) is 0 Å². The van der Waals surface area contributed by atoms with Gasteiger partial charge in [0, 0.05) is 25.5 Å². The van der Waals surface area contributed by atoms with E-state index in [0.717, 1.165) is 0 Å². The van der Waals surface area contributed by atoms with Gasteiger partial charge in [-0.1, -0.05) is 17.4 Å². The SMILES string of the molecule is ON=C(C(=S)N1CCOCC1)c1cnccn1. The molecule has 1 aliphatic rings. The fourth-order valence-corrected chi connectivity index (χ4v) is 1.87. The maximum absolute atomic E-state index is 9.06. The topological polar surface area (TPSA) is 70.8 Å². The predicted octanol–water partition coefficient (Wildman–Crippen LogP) is 0.314. The zero-order valence-corrected chi connectivity index (χ0v) is 9.93. The third-order valence-corrected chi connectivity index (χ3v) is 2.86. The Labute approximate surface area is 104 Å². The number of hydrogen-bond donors (Lipinski definition) is 1. The predicted molar refractivity (Wildman–Crippen MR) is 65.3 cm³/mol. The molecule has 17 heavy (non-hydrogen) atoms. The number of oxime groups is 1. The summed E-state index contributed by atoms with van der Waals surface area (Å²) in [5.74, 6) is 0. The average Bonchev–Trinajstić information content (AvgIpc) is 2.42. The Morgan fingerprint density at radius 2 is 2.18 bits per heavy atom. The number of morpholine rings is 1. The Kier molecular flexibility index (Phi) is 3.94. The van der Waals surface area contributed by atoms with Crippen molar-refractivity contribution in [2.24, 2.45) is 5.16 Å². The van der Waals surface area contributed by atoms with Crippen LogP contribution in [0.1, 0.15) is 5.69 Å². The molecule has 90 valence electrons. The van der Waals surface area contributed by atoms with Gasteiger partial charge in [0.05, 0.1) is 19.4 Å². The summed E-state index contributed by atoms with van der Waals surface area (Å²) in [6.45, 7) is 2.63. The van der Waals surface area contributed by atoms with Crippen LogP contribution in [0.2, 0.25) is 0 Å².